The molecule has 1 unspecified atom stereocenters. The third-order valence-electron chi connectivity index (χ3n) is 2.30. The Morgan fingerprint density at radius 1 is 1.56 bits per heavy atom. The molecule has 0 bridgehead atoms. The van der Waals surface area contributed by atoms with Crippen molar-refractivity contribution in [3.8, 4) is 0 Å². The van der Waals surface area contributed by atoms with Gasteiger partial charge in [-0.05, 0) is 31.0 Å². The van der Waals surface area contributed by atoms with Crippen molar-refractivity contribution in [2.75, 3.05) is 6.54 Å². The number of nitrogens with one attached hydrogen (secondary N) is 1. The van der Waals surface area contributed by atoms with Crippen LogP contribution in [0.2, 0.25) is 5.02 Å². The molecule has 2 nitrogen and oxygen atoms in total. The van der Waals surface area contributed by atoms with Gasteiger partial charge in [-0.3, -0.25) is 4.79 Å². The maximum Gasteiger partial charge on any atom is 0.252 e. The van der Waals surface area contributed by atoms with E-state index in [1.807, 2.05) is 13.0 Å². The molecule has 0 aromatic heterocycles. The van der Waals surface area contributed by atoms with Gasteiger partial charge in [0.2, 0.25) is 0 Å². The van der Waals surface area contributed by atoms with Crippen molar-refractivity contribution < 1.29 is 4.79 Å². The van der Waals surface area contributed by atoms with E-state index in [9.17, 15) is 4.79 Å². The van der Waals surface area contributed by atoms with Gasteiger partial charge in [-0.25, -0.2) is 0 Å². The van der Waals surface area contributed by atoms with Crippen LogP contribution in [0.25, 0.3) is 0 Å². The Bertz CT molecular complexity index is 381. The Morgan fingerprint density at radius 2 is 2.25 bits per heavy atom. The number of hydrogen-bond acceptors (Lipinski definition) is 1. The normalized spacial score (nSPS) is 12.2. The van der Waals surface area contributed by atoms with Crippen LogP contribution in [-0.2, 0) is 0 Å². The number of carbonyl (C=O) groups is 1. The second kappa shape index (κ2) is 6.26. The van der Waals surface area contributed by atoms with Gasteiger partial charge in [0.1, 0.15) is 0 Å². The summed E-state index contributed by atoms with van der Waals surface area (Å²) in [6.07, 6.45) is 0.974. The van der Waals surface area contributed by atoms with E-state index in [1.165, 1.54) is 0 Å². The molecule has 0 spiro atoms. The monoisotopic (exact) mass is 303 g/mol. The molecule has 0 saturated heterocycles. The first-order chi connectivity index (χ1) is 7.54. The van der Waals surface area contributed by atoms with Gasteiger partial charge >= 0.3 is 0 Å². The highest BCUT2D eigenvalue weighted by atomic mass is 79.9. The molecule has 1 rings (SSSR count). The molecule has 16 heavy (non-hydrogen) atoms. The largest absolute Gasteiger partial charge is 0.351 e. The van der Waals surface area contributed by atoms with E-state index in [0.717, 1.165) is 12.0 Å². The van der Waals surface area contributed by atoms with Crippen molar-refractivity contribution >= 4 is 33.4 Å². The summed E-state index contributed by atoms with van der Waals surface area (Å²) in [6, 6.07) is 5.43. The van der Waals surface area contributed by atoms with Crippen LogP contribution in [0.15, 0.2) is 18.2 Å². The van der Waals surface area contributed by atoms with Crippen LogP contribution in [0.3, 0.4) is 0 Å². The zero-order valence-corrected chi connectivity index (χ0v) is 11.7. The fourth-order valence-electron chi connectivity index (χ4n) is 1.25. The lowest BCUT2D eigenvalue weighted by Gasteiger charge is -2.10. The Kier molecular flexibility index (Phi) is 5.29. The van der Waals surface area contributed by atoms with Crippen molar-refractivity contribution in [2.45, 2.75) is 25.1 Å². The van der Waals surface area contributed by atoms with E-state index in [2.05, 4.69) is 28.2 Å². The first kappa shape index (κ1) is 13.5. The first-order valence-electron chi connectivity index (χ1n) is 5.23. The molecule has 0 aliphatic heterocycles. The van der Waals surface area contributed by atoms with Gasteiger partial charge in [0.15, 0.2) is 0 Å². The van der Waals surface area contributed by atoms with Gasteiger partial charge in [0.05, 0.1) is 10.6 Å². The standard InChI is InChI=1S/C12H15BrClNO/c1-3-9(13)7-15-12(16)10-5-4-8(2)6-11(10)14/h4-6,9H,3,7H2,1-2H3,(H,15,16). The van der Waals surface area contributed by atoms with Crippen molar-refractivity contribution in [2.24, 2.45) is 0 Å². The van der Waals surface area contributed by atoms with Crippen molar-refractivity contribution in [3.63, 3.8) is 0 Å². The molecular formula is C12H15BrClNO. The van der Waals surface area contributed by atoms with Gasteiger partial charge in [0, 0.05) is 11.4 Å². The van der Waals surface area contributed by atoms with Gasteiger partial charge in [0.25, 0.3) is 5.91 Å². The zero-order valence-electron chi connectivity index (χ0n) is 9.39. The van der Waals surface area contributed by atoms with Gasteiger partial charge in [-0.15, -0.1) is 0 Å². The highest BCUT2D eigenvalue weighted by molar-refractivity contribution is 9.09. The smallest absolute Gasteiger partial charge is 0.252 e. The molecule has 0 heterocycles. The number of halogens is 2. The molecule has 0 aliphatic rings. The summed E-state index contributed by atoms with van der Waals surface area (Å²) in [6.45, 7) is 4.61. The van der Waals surface area contributed by atoms with E-state index in [1.54, 1.807) is 12.1 Å². The van der Waals surface area contributed by atoms with Crippen molar-refractivity contribution in [1.29, 1.82) is 0 Å². The Balaban J connectivity index is 2.66. The maximum atomic E-state index is 11.8. The second-order valence-corrected chi connectivity index (χ2v) is 5.40. The third kappa shape index (κ3) is 3.80. The molecule has 1 aromatic carbocycles. The lowest BCUT2D eigenvalue weighted by atomic mass is 10.1. The Morgan fingerprint density at radius 3 is 2.81 bits per heavy atom. The second-order valence-electron chi connectivity index (χ2n) is 3.70. The van der Waals surface area contributed by atoms with Crippen LogP contribution in [0.1, 0.15) is 29.3 Å². The molecule has 0 radical (unpaired) electrons. The number of amides is 1. The topological polar surface area (TPSA) is 29.1 Å². The predicted octanol–water partition coefficient (Wildman–Crippen LogP) is 3.55. The van der Waals surface area contributed by atoms with Crippen LogP contribution in [0, 0.1) is 6.92 Å². The summed E-state index contributed by atoms with van der Waals surface area (Å²) in [5, 5.41) is 3.34. The van der Waals surface area contributed by atoms with Crippen LogP contribution in [-0.4, -0.2) is 17.3 Å². The lowest BCUT2D eigenvalue weighted by molar-refractivity contribution is 0.0954. The average molecular weight is 305 g/mol. The molecule has 1 amide bonds. The summed E-state index contributed by atoms with van der Waals surface area (Å²) in [4.78, 5) is 12.1. The fourth-order valence-corrected chi connectivity index (χ4v) is 1.73. The van der Waals surface area contributed by atoms with E-state index in [0.29, 0.717) is 22.0 Å². The Labute approximate surface area is 110 Å². The molecule has 88 valence electrons. The molecule has 1 N–H and O–H groups in total. The highest BCUT2D eigenvalue weighted by Crippen LogP contribution is 2.17. The number of aryl methyl sites for hydroxylation is 1. The fraction of sp³-hybridized carbons (Fsp3) is 0.417. The number of alkyl halides is 1. The quantitative estimate of drug-likeness (QED) is 0.847. The molecule has 0 saturated carbocycles. The van der Waals surface area contributed by atoms with Gasteiger partial charge < -0.3 is 5.32 Å². The average Bonchev–Trinajstić information content (AvgIpc) is 2.25. The maximum absolute atomic E-state index is 11.8. The number of carbonyl (C=O) groups excluding carboxylic acids is 1. The molecule has 1 aromatic rings. The van der Waals surface area contributed by atoms with Gasteiger partial charge in [-0.2, -0.15) is 0 Å². The van der Waals surface area contributed by atoms with Crippen LogP contribution >= 0.6 is 27.5 Å². The summed E-state index contributed by atoms with van der Waals surface area (Å²) in [5.41, 5.74) is 1.58. The third-order valence-corrected chi connectivity index (χ3v) is 3.58. The van der Waals surface area contributed by atoms with E-state index in [4.69, 9.17) is 11.6 Å². The van der Waals surface area contributed by atoms with E-state index >= 15 is 0 Å². The Hall–Kier alpha value is -0.540. The van der Waals surface area contributed by atoms with Crippen molar-refractivity contribution in [3.05, 3.63) is 34.3 Å². The predicted molar refractivity (Wildman–Crippen MR) is 71.5 cm³/mol. The lowest BCUT2D eigenvalue weighted by Crippen LogP contribution is -2.29. The molecular weight excluding hydrogens is 289 g/mol. The number of rotatable bonds is 4. The van der Waals surface area contributed by atoms with Gasteiger partial charge in [-0.1, -0.05) is 40.5 Å². The SMILES string of the molecule is CCC(Br)CNC(=O)c1ccc(C)cc1Cl. The first-order valence-corrected chi connectivity index (χ1v) is 6.52. The highest BCUT2D eigenvalue weighted by Gasteiger charge is 2.11. The minimum atomic E-state index is -0.122. The zero-order chi connectivity index (χ0) is 12.1. The van der Waals surface area contributed by atoms with E-state index in [-0.39, 0.29) is 5.91 Å². The molecule has 0 aliphatic carbocycles. The number of benzene rings is 1. The van der Waals surface area contributed by atoms with Crippen LogP contribution in [0.4, 0.5) is 0 Å². The van der Waals surface area contributed by atoms with Crippen LogP contribution < -0.4 is 5.32 Å². The minimum absolute atomic E-state index is 0.122. The molecule has 4 heteroatoms. The minimum Gasteiger partial charge on any atom is -0.351 e. The van der Waals surface area contributed by atoms with Crippen LogP contribution in [0.5, 0.6) is 0 Å². The summed E-state index contributed by atoms with van der Waals surface area (Å²) in [7, 11) is 0. The van der Waals surface area contributed by atoms with Crippen molar-refractivity contribution in [1.82, 2.24) is 5.32 Å². The number of hydrogen-bond donors (Lipinski definition) is 1. The van der Waals surface area contributed by atoms with E-state index < -0.39 is 0 Å². The summed E-state index contributed by atoms with van der Waals surface area (Å²) >= 11 is 9.46. The molecule has 0 fully saturated rings. The molecule has 1 atom stereocenters. The summed E-state index contributed by atoms with van der Waals surface area (Å²) in [5.74, 6) is -0.122. The summed E-state index contributed by atoms with van der Waals surface area (Å²) < 4.78 is 0.